The highest BCUT2D eigenvalue weighted by Crippen LogP contribution is 2.21. The molecule has 1 aliphatic rings. The Balaban J connectivity index is 1.91. The molecule has 122 valence electrons. The molecule has 0 fully saturated rings. The highest BCUT2D eigenvalue weighted by molar-refractivity contribution is 6.01. The SMILES string of the molecule is O=C1Cc2ccccc2OC/C=C\COC(=O)c2ccccc2N1. The van der Waals surface area contributed by atoms with E-state index in [0.29, 0.717) is 23.6 Å². The van der Waals surface area contributed by atoms with Gasteiger partial charge in [-0.05, 0) is 30.4 Å². The Hall–Kier alpha value is -3.08. The van der Waals surface area contributed by atoms with E-state index in [-0.39, 0.29) is 18.9 Å². The molecular weight excluding hydrogens is 306 g/mol. The Bertz CT molecular complexity index is 782. The molecule has 3 rings (SSSR count). The van der Waals surface area contributed by atoms with Gasteiger partial charge in [0.2, 0.25) is 5.91 Å². The number of anilines is 1. The average molecular weight is 323 g/mol. The summed E-state index contributed by atoms with van der Waals surface area (Å²) in [5.41, 5.74) is 1.56. The summed E-state index contributed by atoms with van der Waals surface area (Å²) in [6, 6.07) is 14.2. The molecule has 1 N–H and O–H groups in total. The number of carbonyl (C=O) groups is 2. The van der Waals surface area contributed by atoms with E-state index < -0.39 is 5.97 Å². The smallest absolute Gasteiger partial charge is 0.340 e. The maximum atomic E-state index is 12.4. The molecule has 0 unspecified atom stereocenters. The van der Waals surface area contributed by atoms with Crippen molar-refractivity contribution < 1.29 is 19.1 Å². The van der Waals surface area contributed by atoms with E-state index in [2.05, 4.69) is 5.32 Å². The molecule has 2 aromatic carbocycles. The second-order valence-corrected chi connectivity index (χ2v) is 5.26. The van der Waals surface area contributed by atoms with Gasteiger partial charge in [0.1, 0.15) is 19.0 Å². The number of ether oxygens (including phenoxy) is 2. The first kappa shape index (κ1) is 15.8. The fourth-order valence-electron chi connectivity index (χ4n) is 2.40. The van der Waals surface area contributed by atoms with E-state index in [4.69, 9.17) is 9.47 Å². The van der Waals surface area contributed by atoms with Crippen LogP contribution in [0.25, 0.3) is 0 Å². The fourth-order valence-corrected chi connectivity index (χ4v) is 2.40. The summed E-state index contributed by atoms with van der Waals surface area (Å²) in [4.78, 5) is 24.5. The number of cyclic esters (lactones) is 1. The predicted molar refractivity (Wildman–Crippen MR) is 90.1 cm³/mol. The van der Waals surface area contributed by atoms with Crippen molar-refractivity contribution in [3.8, 4) is 5.75 Å². The molecule has 0 bridgehead atoms. The van der Waals surface area contributed by atoms with Gasteiger partial charge >= 0.3 is 5.97 Å². The molecule has 1 amide bonds. The lowest BCUT2D eigenvalue weighted by atomic mass is 10.1. The van der Waals surface area contributed by atoms with E-state index in [9.17, 15) is 9.59 Å². The number of rotatable bonds is 0. The zero-order valence-corrected chi connectivity index (χ0v) is 13.0. The molecule has 0 spiro atoms. The molecule has 0 saturated heterocycles. The van der Waals surface area contributed by atoms with Crippen molar-refractivity contribution in [2.45, 2.75) is 6.42 Å². The molecule has 2 aromatic rings. The molecule has 1 heterocycles. The van der Waals surface area contributed by atoms with Crippen molar-refractivity contribution >= 4 is 17.6 Å². The van der Waals surface area contributed by atoms with Crippen LogP contribution in [-0.2, 0) is 16.0 Å². The second kappa shape index (κ2) is 7.46. The zero-order chi connectivity index (χ0) is 16.8. The number of esters is 1. The Morgan fingerprint density at radius 1 is 0.833 bits per heavy atom. The molecule has 5 heteroatoms. The van der Waals surface area contributed by atoms with Crippen LogP contribution in [0.15, 0.2) is 60.7 Å². The highest BCUT2D eigenvalue weighted by atomic mass is 16.5. The normalized spacial score (nSPS) is 16.5. The summed E-state index contributed by atoms with van der Waals surface area (Å²) in [6.07, 6.45) is 3.67. The molecular formula is C19H17NO4. The minimum Gasteiger partial charge on any atom is -0.489 e. The van der Waals surface area contributed by atoms with Crippen molar-refractivity contribution in [2.75, 3.05) is 18.5 Å². The quantitative estimate of drug-likeness (QED) is 0.598. The topological polar surface area (TPSA) is 64.6 Å². The number of nitrogens with one attached hydrogen (secondary N) is 1. The number of benzene rings is 2. The lowest BCUT2D eigenvalue weighted by molar-refractivity contribution is -0.115. The highest BCUT2D eigenvalue weighted by Gasteiger charge is 2.15. The zero-order valence-electron chi connectivity index (χ0n) is 13.0. The first-order chi connectivity index (χ1) is 11.7. The summed E-state index contributed by atoms with van der Waals surface area (Å²) < 4.78 is 10.9. The predicted octanol–water partition coefficient (Wildman–Crippen LogP) is 2.97. The van der Waals surface area contributed by atoms with E-state index in [1.807, 2.05) is 24.3 Å². The van der Waals surface area contributed by atoms with Gasteiger partial charge in [0.05, 0.1) is 17.7 Å². The standard InChI is InChI=1S/C19H17NO4/c21-18-13-14-7-1-4-10-17(14)23-11-5-6-12-24-19(22)15-8-2-3-9-16(15)20-18/h1-10H,11-13H2,(H,20,21)/b6-5-. The Labute approximate surface area is 139 Å². The number of fused-ring (bicyclic) bond motifs is 2. The van der Waals surface area contributed by atoms with Crippen molar-refractivity contribution in [3.63, 3.8) is 0 Å². The fraction of sp³-hybridized carbons (Fsp3) is 0.158. The van der Waals surface area contributed by atoms with Crippen LogP contribution < -0.4 is 10.1 Å². The van der Waals surface area contributed by atoms with Crippen LogP contribution in [0.3, 0.4) is 0 Å². The van der Waals surface area contributed by atoms with Gasteiger partial charge in [0, 0.05) is 5.56 Å². The van der Waals surface area contributed by atoms with Gasteiger partial charge in [-0.3, -0.25) is 4.79 Å². The second-order valence-electron chi connectivity index (χ2n) is 5.26. The van der Waals surface area contributed by atoms with Gasteiger partial charge in [-0.15, -0.1) is 0 Å². The van der Waals surface area contributed by atoms with Gasteiger partial charge in [0.25, 0.3) is 0 Å². The Kier molecular flexibility index (Phi) is 4.91. The maximum Gasteiger partial charge on any atom is 0.340 e. The largest absolute Gasteiger partial charge is 0.489 e. The van der Waals surface area contributed by atoms with Gasteiger partial charge in [-0.1, -0.05) is 30.3 Å². The third-order valence-corrected chi connectivity index (χ3v) is 3.56. The molecule has 0 radical (unpaired) electrons. The van der Waals surface area contributed by atoms with Gasteiger partial charge in [0.15, 0.2) is 0 Å². The van der Waals surface area contributed by atoms with Crippen LogP contribution in [0.4, 0.5) is 5.69 Å². The number of carbonyl (C=O) groups excluding carboxylic acids is 2. The lowest BCUT2D eigenvalue weighted by Gasteiger charge is -2.13. The third-order valence-electron chi connectivity index (χ3n) is 3.56. The van der Waals surface area contributed by atoms with E-state index in [0.717, 1.165) is 5.56 Å². The molecule has 0 saturated carbocycles. The van der Waals surface area contributed by atoms with Crippen molar-refractivity contribution in [3.05, 3.63) is 71.8 Å². The van der Waals surface area contributed by atoms with Crippen LogP contribution in [-0.4, -0.2) is 25.1 Å². The van der Waals surface area contributed by atoms with E-state index in [1.54, 1.807) is 36.4 Å². The Morgan fingerprint density at radius 3 is 2.42 bits per heavy atom. The van der Waals surface area contributed by atoms with Crippen LogP contribution in [0, 0.1) is 0 Å². The maximum absolute atomic E-state index is 12.4. The molecule has 5 nitrogen and oxygen atoms in total. The molecule has 0 atom stereocenters. The van der Waals surface area contributed by atoms with Gasteiger partial charge < -0.3 is 14.8 Å². The van der Waals surface area contributed by atoms with E-state index >= 15 is 0 Å². The summed E-state index contributed by atoms with van der Waals surface area (Å²) in [5.74, 6) is -0.0348. The lowest BCUT2D eigenvalue weighted by Crippen LogP contribution is -2.18. The molecule has 1 aliphatic heterocycles. The monoisotopic (exact) mass is 323 g/mol. The summed E-state index contributed by atoms with van der Waals surface area (Å²) in [7, 11) is 0. The first-order valence-electron chi connectivity index (χ1n) is 7.66. The van der Waals surface area contributed by atoms with Crippen LogP contribution in [0.1, 0.15) is 15.9 Å². The van der Waals surface area contributed by atoms with Crippen molar-refractivity contribution in [2.24, 2.45) is 0 Å². The van der Waals surface area contributed by atoms with Crippen molar-refractivity contribution in [1.82, 2.24) is 0 Å². The van der Waals surface area contributed by atoms with E-state index in [1.165, 1.54) is 0 Å². The summed E-state index contributed by atoms with van der Waals surface area (Å²) in [6.45, 7) is 0.485. The van der Waals surface area contributed by atoms with Crippen LogP contribution in [0.5, 0.6) is 5.75 Å². The number of hydrogen-bond donors (Lipinski definition) is 1. The minimum absolute atomic E-state index is 0.145. The van der Waals surface area contributed by atoms with Gasteiger partial charge in [-0.25, -0.2) is 4.79 Å². The Morgan fingerprint density at radius 2 is 1.54 bits per heavy atom. The summed E-state index contributed by atoms with van der Waals surface area (Å²) >= 11 is 0. The number of hydrogen-bond acceptors (Lipinski definition) is 4. The molecule has 0 aliphatic carbocycles. The molecule has 0 aromatic heterocycles. The number of amides is 1. The number of para-hydroxylation sites is 2. The average Bonchev–Trinajstić information content (AvgIpc) is 2.59. The minimum atomic E-state index is -0.478. The van der Waals surface area contributed by atoms with Crippen LogP contribution in [0.2, 0.25) is 0 Å². The summed E-state index contributed by atoms with van der Waals surface area (Å²) in [5, 5.41) is 2.77. The van der Waals surface area contributed by atoms with Crippen molar-refractivity contribution in [1.29, 1.82) is 0 Å². The molecule has 24 heavy (non-hydrogen) atoms. The van der Waals surface area contributed by atoms with Crippen LogP contribution >= 0.6 is 0 Å². The first-order valence-corrected chi connectivity index (χ1v) is 7.66. The van der Waals surface area contributed by atoms with Gasteiger partial charge in [-0.2, -0.15) is 0 Å². The third kappa shape index (κ3) is 3.81.